The Hall–Kier alpha value is -2.45. The summed E-state index contributed by atoms with van der Waals surface area (Å²) in [4.78, 5) is 36.0. The van der Waals surface area contributed by atoms with Gasteiger partial charge in [-0.25, -0.2) is 4.79 Å². The van der Waals surface area contributed by atoms with Crippen LogP contribution in [0.2, 0.25) is 5.02 Å². The number of carbonyl (C=O) groups is 2. The molecule has 0 saturated carbocycles. The Kier molecular flexibility index (Phi) is 5.76. The standard InChI is InChI=1S/C18H17ClN2O5S/c1-10-2-4-12-13(9-27-16(12)6-10)18(23)26-8-17(22)20-14-7-11(19)3-5-15(14)21(24)25/h3,5,7,9-10H,2,4,6,8H2,1H3,(H,20,22). The molecule has 0 radical (unpaired) electrons. The Morgan fingerprint density at radius 2 is 2.22 bits per heavy atom. The van der Waals surface area contributed by atoms with Gasteiger partial charge in [-0.15, -0.1) is 11.3 Å². The van der Waals surface area contributed by atoms with E-state index in [4.69, 9.17) is 16.3 Å². The molecule has 0 saturated heterocycles. The molecule has 142 valence electrons. The summed E-state index contributed by atoms with van der Waals surface area (Å²) in [6, 6.07) is 3.83. The summed E-state index contributed by atoms with van der Waals surface area (Å²) >= 11 is 7.36. The van der Waals surface area contributed by atoms with Crippen molar-refractivity contribution in [1.82, 2.24) is 0 Å². The summed E-state index contributed by atoms with van der Waals surface area (Å²) in [5, 5.41) is 15.4. The first kappa shape index (κ1) is 19.3. The van der Waals surface area contributed by atoms with E-state index < -0.39 is 23.4 Å². The second kappa shape index (κ2) is 8.06. The van der Waals surface area contributed by atoms with Gasteiger partial charge in [-0.3, -0.25) is 14.9 Å². The largest absolute Gasteiger partial charge is 0.452 e. The van der Waals surface area contributed by atoms with Crippen molar-refractivity contribution in [2.24, 2.45) is 5.92 Å². The minimum Gasteiger partial charge on any atom is -0.452 e. The fraction of sp³-hybridized carbons (Fsp3) is 0.333. The first-order valence-electron chi connectivity index (χ1n) is 8.35. The van der Waals surface area contributed by atoms with Gasteiger partial charge in [0.05, 0.1) is 10.5 Å². The second-order valence-corrected chi connectivity index (χ2v) is 7.84. The minimum atomic E-state index is -0.675. The molecule has 1 aromatic heterocycles. The van der Waals surface area contributed by atoms with Crippen molar-refractivity contribution in [3.05, 3.63) is 54.7 Å². The van der Waals surface area contributed by atoms with Crippen LogP contribution < -0.4 is 5.32 Å². The molecule has 1 aromatic carbocycles. The van der Waals surface area contributed by atoms with Crippen molar-refractivity contribution < 1.29 is 19.2 Å². The fourth-order valence-electron chi connectivity index (χ4n) is 3.01. The highest BCUT2D eigenvalue weighted by Crippen LogP contribution is 2.33. The van der Waals surface area contributed by atoms with Crippen LogP contribution in [0.5, 0.6) is 0 Å². The third-order valence-electron chi connectivity index (χ3n) is 4.39. The highest BCUT2D eigenvalue weighted by Gasteiger charge is 2.24. The van der Waals surface area contributed by atoms with E-state index in [-0.39, 0.29) is 16.4 Å². The zero-order valence-electron chi connectivity index (χ0n) is 14.5. The number of nitro groups is 1. The highest BCUT2D eigenvalue weighted by atomic mass is 35.5. The van der Waals surface area contributed by atoms with Crippen molar-refractivity contribution in [3.63, 3.8) is 0 Å². The van der Waals surface area contributed by atoms with Crippen molar-refractivity contribution in [1.29, 1.82) is 0 Å². The molecule has 1 N–H and O–H groups in total. The second-order valence-electron chi connectivity index (χ2n) is 6.44. The molecule has 1 unspecified atom stereocenters. The number of fused-ring (bicyclic) bond motifs is 1. The number of hydrogen-bond acceptors (Lipinski definition) is 6. The number of nitrogens with zero attached hydrogens (tertiary/aromatic N) is 1. The van der Waals surface area contributed by atoms with Crippen LogP contribution in [0.3, 0.4) is 0 Å². The van der Waals surface area contributed by atoms with E-state index in [1.54, 1.807) is 5.38 Å². The maximum absolute atomic E-state index is 12.3. The lowest BCUT2D eigenvalue weighted by molar-refractivity contribution is -0.383. The number of ether oxygens (including phenoxy) is 1. The molecule has 0 spiro atoms. The minimum absolute atomic E-state index is 0.0459. The van der Waals surface area contributed by atoms with Gasteiger partial charge in [0.25, 0.3) is 11.6 Å². The van der Waals surface area contributed by atoms with Gasteiger partial charge in [-0.2, -0.15) is 0 Å². The molecule has 9 heteroatoms. The Labute approximate surface area is 164 Å². The average molecular weight is 409 g/mol. The lowest BCUT2D eigenvalue weighted by Crippen LogP contribution is -2.22. The summed E-state index contributed by atoms with van der Waals surface area (Å²) < 4.78 is 5.10. The summed E-state index contributed by atoms with van der Waals surface area (Å²) in [5.74, 6) is -0.636. The van der Waals surface area contributed by atoms with Crippen LogP contribution in [0.1, 0.15) is 34.1 Å². The van der Waals surface area contributed by atoms with E-state index in [2.05, 4.69) is 12.2 Å². The number of halogens is 1. The van der Waals surface area contributed by atoms with Gasteiger partial charge in [0, 0.05) is 21.3 Å². The normalized spacial score (nSPS) is 15.7. The number of amides is 1. The van der Waals surface area contributed by atoms with Gasteiger partial charge < -0.3 is 10.1 Å². The molecule has 3 rings (SSSR count). The van der Waals surface area contributed by atoms with E-state index in [9.17, 15) is 19.7 Å². The van der Waals surface area contributed by atoms with Crippen molar-refractivity contribution >= 4 is 46.2 Å². The van der Waals surface area contributed by atoms with Gasteiger partial charge in [-0.1, -0.05) is 18.5 Å². The molecular formula is C18H17ClN2O5S. The number of hydrogen-bond donors (Lipinski definition) is 1. The molecule has 2 aromatic rings. The number of anilines is 1. The van der Waals surface area contributed by atoms with E-state index in [0.717, 1.165) is 24.8 Å². The summed E-state index contributed by atoms with van der Waals surface area (Å²) in [6.07, 6.45) is 2.79. The molecule has 1 aliphatic rings. The third kappa shape index (κ3) is 4.45. The van der Waals surface area contributed by atoms with Crippen molar-refractivity contribution in [2.75, 3.05) is 11.9 Å². The maximum atomic E-state index is 12.3. The Bertz CT molecular complexity index is 911. The lowest BCUT2D eigenvalue weighted by Gasteiger charge is -2.18. The van der Waals surface area contributed by atoms with Gasteiger partial charge in [0.2, 0.25) is 0 Å². The Morgan fingerprint density at radius 3 is 2.96 bits per heavy atom. The molecule has 27 heavy (non-hydrogen) atoms. The van der Waals surface area contributed by atoms with Crippen molar-refractivity contribution in [3.8, 4) is 0 Å². The Balaban J connectivity index is 1.63. The number of esters is 1. The number of nitrogens with one attached hydrogen (secondary N) is 1. The van der Waals surface area contributed by atoms with Gasteiger partial charge in [-0.05, 0) is 42.9 Å². The van der Waals surface area contributed by atoms with E-state index in [1.807, 2.05) is 0 Å². The van der Waals surface area contributed by atoms with Crippen LogP contribution in [-0.2, 0) is 22.4 Å². The highest BCUT2D eigenvalue weighted by molar-refractivity contribution is 7.10. The number of nitro benzene ring substituents is 1. The predicted octanol–water partition coefficient (Wildman–Crippen LogP) is 4.23. The SMILES string of the molecule is CC1CCc2c(C(=O)OCC(=O)Nc3cc(Cl)ccc3[N+](=O)[O-])csc2C1. The van der Waals surface area contributed by atoms with Gasteiger partial charge in [0.1, 0.15) is 5.69 Å². The Morgan fingerprint density at radius 1 is 1.44 bits per heavy atom. The molecule has 7 nitrogen and oxygen atoms in total. The lowest BCUT2D eigenvalue weighted by atomic mass is 9.88. The van der Waals surface area contributed by atoms with Crippen LogP contribution in [0, 0.1) is 16.0 Å². The summed E-state index contributed by atoms with van der Waals surface area (Å²) in [5.41, 5.74) is 1.17. The zero-order valence-corrected chi connectivity index (χ0v) is 16.1. The number of carbonyl (C=O) groups excluding carboxylic acids is 2. The first-order valence-corrected chi connectivity index (χ1v) is 9.61. The molecular weight excluding hydrogens is 392 g/mol. The van der Waals surface area contributed by atoms with E-state index in [1.165, 1.54) is 34.4 Å². The quantitative estimate of drug-likeness (QED) is 0.453. The molecule has 1 aliphatic carbocycles. The third-order valence-corrected chi connectivity index (χ3v) is 5.67. The van der Waals surface area contributed by atoms with E-state index in [0.29, 0.717) is 11.5 Å². The zero-order chi connectivity index (χ0) is 19.6. The molecule has 1 atom stereocenters. The summed E-state index contributed by atoms with van der Waals surface area (Å²) in [7, 11) is 0. The van der Waals surface area contributed by atoms with Crippen LogP contribution in [0.4, 0.5) is 11.4 Å². The fourth-order valence-corrected chi connectivity index (χ4v) is 4.42. The smallest absolute Gasteiger partial charge is 0.339 e. The molecule has 1 amide bonds. The number of benzene rings is 1. The number of thiophene rings is 1. The first-order chi connectivity index (χ1) is 12.8. The maximum Gasteiger partial charge on any atom is 0.339 e. The predicted molar refractivity (Wildman–Crippen MR) is 103 cm³/mol. The van der Waals surface area contributed by atoms with Crippen molar-refractivity contribution in [2.45, 2.75) is 26.2 Å². The van der Waals surface area contributed by atoms with Gasteiger partial charge >= 0.3 is 5.97 Å². The molecule has 0 fully saturated rings. The van der Waals surface area contributed by atoms with Crippen LogP contribution in [0.15, 0.2) is 23.6 Å². The molecule has 0 aliphatic heterocycles. The summed E-state index contributed by atoms with van der Waals surface area (Å²) in [6.45, 7) is 1.64. The van der Waals surface area contributed by atoms with Gasteiger partial charge in [0.15, 0.2) is 6.61 Å². The number of rotatable bonds is 5. The average Bonchev–Trinajstić information content (AvgIpc) is 3.02. The van der Waals surface area contributed by atoms with Crippen LogP contribution >= 0.6 is 22.9 Å². The molecule has 0 bridgehead atoms. The van der Waals surface area contributed by atoms with Crippen LogP contribution in [-0.4, -0.2) is 23.4 Å². The molecule has 1 heterocycles. The monoisotopic (exact) mass is 408 g/mol. The van der Waals surface area contributed by atoms with E-state index >= 15 is 0 Å². The van der Waals surface area contributed by atoms with Crippen LogP contribution in [0.25, 0.3) is 0 Å². The topological polar surface area (TPSA) is 98.5 Å².